The van der Waals surface area contributed by atoms with Gasteiger partial charge >= 0.3 is 17.9 Å². The topological polar surface area (TPSA) is 199 Å². The molecule has 107 heavy (non-hydrogen) atoms. The van der Waals surface area contributed by atoms with Crippen molar-refractivity contribution in [1.29, 1.82) is 0 Å². The standard InChI is InChI=1S/C88H92O19/c1-3-4-32-51-93-86-82(99-58-69-45-26-11-27-46-69)80(107-88-83(102-62(2)89)78(97-56-67-41-22-9-23-42-67)75(94-53-64-35-16-6-17-36-64)72(105-88)59-92-52-63-33-14-5-15-34-63)77(96-55-66-39-20-8-21-40-66)74(103-86)61-101-87-81(98-57-68-43-24-10-25-44-68)79(106-85(91)71-49-30-13-31-50-71)76(95-54-65-37-18-7-19-38-65)73(104-87)60-100-84(90)70-47-28-12-29-48-70/h3,5-31,33-50,72-83,86-88H,1,4,32,51-61H2,2H3/t72-,73-,74-,75-,76-,77-,78+,79+,80+,81+,82+,83+,86-,87+,88-/m1/s1. The Balaban J connectivity index is 0.964. The van der Waals surface area contributed by atoms with Crippen LogP contribution in [0.25, 0.3) is 0 Å². The van der Waals surface area contributed by atoms with Gasteiger partial charge in [0.2, 0.25) is 0 Å². The van der Waals surface area contributed by atoms with E-state index in [0.29, 0.717) is 18.4 Å². The highest BCUT2D eigenvalue weighted by atomic mass is 16.8. The minimum atomic E-state index is -1.48. The molecule has 0 saturated carbocycles. The third kappa shape index (κ3) is 22.8. The van der Waals surface area contributed by atoms with E-state index in [-0.39, 0.29) is 71.6 Å². The zero-order valence-corrected chi connectivity index (χ0v) is 59.9. The van der Waals surface area contributed by atoms with Gasteiger partial charge in [0, 0.05) is 6.92 Å². The number of esters is 3. The Bertz CT molecular complexity index is 4040. The molecule has 0 amide bonds. The van der Waals surface area contributed by atoms with E-state index in [0.717, 1.165) is 38.9 Å². The molecule has 3 saturated heterocycles. The van der Waals surface area contributed by atoms with Crippen molar-refractivity contribution in [3.8, 4) is 0 Å². The molecule has 3 aliphatic rings. The van der Waals surface area contributed by atoms with Crippen molar-refractivity contribution in [3.05, 3.63) is 336 Å². The monoisotopic (exact) mass is 1450 g/mol. The molecule has 0 aromatic heterocycles. The maximum Gasteiger partial charge on any atom is 0.338 e. The highest BCUT2D eigenvalue weighted by Gasteiger charge is 2.57. The molecule has 0 radical (unpaired) electrons. The van der Waals surface area contributed by atoms with E-state index in [9.17, 15) is 14.4 Å². The molecule has 3 fully saturated rings. The Morgan fingerprint density at radius 1 is 0.327 bits per heavy atom. The molecule has 3 heterocycles. The maximum absolute atomic E-state index is 14.8. The van der Waals surface area contributed by atoms with Gasteiger partial charge < -0.3 is 75.8 Å². The van der Waals surface area contributed by atoms with E-state index < -0.39 is 117 Å². The molecule has 19 nitrogen and oxygen atoms in total. The van der Waals surface area contributed by atoms with Gasteiger partial charge in [0.05, 0.1) is 77.2 Å². The van der Waals surface area contributed by atoms with E-state index in [1.807, 2.05) is 218 Å². The molecule has 19 heteroatoms. The lowest BCUT2D eigenvalue weighted by Gasteiger charge is -2.50. The Labute approximate surface area is 625 Å². The number of hydrogen-bond acceptors (Lipinski definition) is 19. The first-order chi connectivity index (χ1) is 52.7. The van der Waals surface area contributed by atoms with Gasteiger partial charge in [-0.05, 0) is 76.1 Å². The lowest BCUT2D eigenvalue weighted by Crippen LogP contribution is -2.67. The summed E-state index contributed by atoms with van der Waals surface area (Å²) in [5.41, 5.74) is 6.41. The van der Waals surface area contributed by atoms with Crippen molar-refractivity contribution in [2.75, 3.05) is 26.4 Å². The smallest absolute Gasteiger partial charge is 0.338 e. The van der Waals surface area contributed by atoms with Gasteiger partial charge in [0.25, 0.3) is 0 Å². The van der Waals surface area contributed by atoms with Crippen LogP contribution in [-0.2, 0) is 127 Å². The van der Waals surface area contributed by atoms with Gasteiger partial charge in [0.1, 0.15) is 67.6 Å². The van der Waals surface area contributed by atoms with E-state index >= 15 is 0 Å². The highest BCUT2D eigenvalue weighted by molar-refractivity contribution is 5.90. The van der Waals surface area contributed by atoms with Gasteiger partial charge in [-0.3, -0.25) is 4.79 Å². The number of carbonyl (C=O) groups is 3. The fraction of sp³-hybridized carbons (Fsp3) is 0.330. The summed E-state index contributed by atoms with van der Waals surface area (Å²) >= 11 is 0. The van der Waals surface area contributed by atoms with Crippen LogP contribution in [0, 0.1) is 0 Å². The summed E-state index contributed by atoms with van der Waals surface area (Å²) in [5.74, 6) is -1.98. The van der Waals surface area contributed by atoms with Crippen molar-refractivity contribution >= 4 is 17.9 Å². The summed E-state index contributed by atoms with van der Waals surface area (Å²) in [6, 6.07) is 84.6. The van der Waals surface area contributed by atoms with Crippen molar-refractivity contribution in [2.24, 2.45) is 0 Å². The zero-order chi connectivity index (χ0) is 73.6. The average molecular weight is 1450 g/mol. The van der Waals surface area contributed by atoms with E-state index in [2.05, 4.69) is 6.58 Å². The average Bonchev–Trinajstić information content (AvgIpc) is 0.765. The molecule has 15 atom stereocenters. The van der Waals surface area contributed by atoms with Crippen LogP contribution in [0.15, 0.2) is 286 Å². The second-order valence-electron chi connectivity index (χ2n) is 26.2. The van der Waals surface area contributed by atoms with Crippen LogP contribution in [-0.4, -0.2) is 136 Å². The van der Waals surface area contributed by atoms with Crippen LogP contribution < -0.4 is 0 Å². The van der Waals surface area contributed by atoms with E-state index in [1.54, 1.807) is 60.7 Å². The summed E-state index contributed by atoms with van der Waals surface area (Å²) in [5, 5.41) is 0. The maximum atomic E-state index is 14.8. The van der Waals surface area contributed by atoms with Crippen LogP contribution in [0.1, 0.15) is 79.4 Å². The molecule has 0 aliphatic carbocycles. The first-order valence-corrected chi connectivity index (χ1v) is 36.4. The minimum absolute atomic E-state index is 0.00406. The molecule has 12 rings (SSSR count). The van der Waals surface area contributed by atoms with Gasteiger partial charge in [-0.1, -0.05) is 255 Å². The third-order valence-electron chi connectivity index (χ3n) is 18.4. The second kappa shape index (κ2) is 41.1. The van der Waals surface area contributed by atoms with Crippen LogP contribution in [0.3, 0.4) is 0 Å². The number of allylic oxidation sites excluding steroid dienone is 1. The van der Waals surface area contributed by atoms with Gasteiger partial charge in [-0.2, -0.15) is 0 Å². The van der Waals surface area contributed by atoms with Crippen LogP contribution in [0.4, 0.5) is 0 Å². The highest BCUT2D eigenvalue weighted by Crippen LogP contribution is 2.39. The molecule has 0 spiro atoms. The van der Waals surface area contributed by atoms with E-state index in [4.69, 9.17) is 75.8 Å². The molecule has 9 aromatic rings. The number of rotatable bonds is 38. The first-order valence-electron chi connectivity index (χ1n) is 36.4. The quantitative estimate of drug-likeness (QED) is 0.0153. The van der Waals surface area contributed by atoms with E-state index in [1.165, 1.54) is 6.92 Å². The Kier molecular flexibility index (Phi) is 29.7. The zero-order valence-electron chi connectivity index (χ0n) is 59.9. The lowest BCUT2D eigenvalue weighted by molar-refractivity contribution is -0.380. The largest absolute Gasteiger partial charge is 0.459 e. The van der Waals surface area contributed by atoms with Crippen LogP contribution in [0.2, 0.25) is 0 Å². The molecule has 0 unspecified atom stereocenters. The summed E-state index contributed by atoms with van der Waals surface area (Å²) in [6.07, 6.45) is -15.2. The van der Waals surface area contributed by atoms with Crippen molar-refractivity contribution in [3.63, 3.8) is 0 Å². The summed E-state index contributed by atoms with van der Waals surface area (Å²) in [7, 11) is 0. The van der Waals surface area contributed by atoms with Crippen LogP contribution in [0.5, 0.6) is 0 Å². The fourth-order valence-corrected chi connectivity index (χ4v) is 13.0. The fourth-order valence-electron chi connectivity index (χ4n) is 13.0. The molecular weight excluding hydrogens is 1360 g/mol. The molecule has 558 valence electrons. The number of ether oxygens (including phenoxy) is 16. The SMILES string of the molecule is C=CCCCO[C@@H]1O[C@H](CO[C@H]2O[C@H](COC(=O)c3ccccc3)[C@@H](OCc3ccccc3)[C@H](OC(=O)c3ccccc3)[C@@H]2OCc2ccccc2)[C@@H](OCc2ccccc2)[C@H](O[C@H]2O[C@H](COCc3ccccc3)[C@@H](OCc3ccccc3)[C@H](OCc3ccccc3)[C@@H]2OC(C)=O)[C@@H]1OCc1ccccc1. The summed E-state index contributed by atoms with van der Waals surface area (Å²) in [6.45, 7) is 5.18. The van der Waals surface area contributed by atoms with Crippen molar-refractivity contribution in [2.45, 2.75) is 158 Å². The third-order valence-corrected chi connectivity index (χ3v) is 18.4. The molecule has 9 aromatic carbocycles. The van der Waals surface area contributed by atoms with Crippen molar-refractivity contribution < 1.29 is 90.2 Å². The second-order valence-corrected chi connectivity index (χ2v) is 26.2. The Morgan fingerprint density at radius 3 is 1.09 bits per heavy atom. The summed E-state index contributed by atoms with van der Waals surface area (Å²) in [4.78, 5) is 42.8. The Hall–Kier alpha value is -9.39. The van der Waals surface area contributed by atoms with Gasteiger partial charge in [-0.25, -0.2) is 9.59 Å². The summed E-state index contributed by atoms with van der Waals surface area (Å²) < 4.78 is 112. The molecule has 3 aliphatic heterocycles. The van der Waals surface area contributed by atoms with Gasteiger partial charge in [-0.15, -0.1) is 6.58 Å². The minimum Gasteiger partial charge on any atom is -0.459 e. The lowest BCUT2D eigenvalue weighted by atomic mass is 9.95. The van der Waals surface area contributed by atoms with Crippen LogP contribution >= 0.6 is 0 Å². The predicted molar refractivity (Wildman–Crippen MR) is 396 cm³/mol. The number of hydrogen-bond donors (Lipinski definition) is 0. The van der Waals surface area contributed by atoms with Crippen molar-refractivity contribution in [1.82, 2.24) is 0 Å². The first kappa shape index (κ1) is 77.2. The number of unbranched alkanes of at least 4 members (excludes halogenated alkanes) is 1. The number of carbonyl (C=O) groups excluding carboxylic acids is 3. The molecule has 0 N–H and O–H groups in total. The molecule has 0 bridgehead atoms. The molecular formula is C88H92O19. The predicted octanol–water partition coefficient (Wildman–Crippen LogP) is 14.3. The normalized spacial score (nSPS) is 24.2. The Morgan fingerprint density at radius 2 is 0.664 bits per heavy atom. The van der Waals surface area contributed by atoms with Gasteiger partial charge in [0.15, 0.2) is 31.1 Å². The number of benzene rings is 9.